The lowest BCUT2D eigenvalue weighted by atomic mass is 10.2. The highest BCUT2D eigenvalue weighted by Gasteiger charge is 2.31. The van der Waals surface area contributed by atoms with Crippen molar-refractivity contribution >= 4 is 13.8 Å². The van der Waals surface area contributed by atoms with Crippen molar-refractivity contribution in [2.75, 3.05) is 0 Å². The molecule has 0 unspecified atom stereocenters. The second-order valence-electron chi connectivity index (χ2n) is 2.10. The first-order valence-corrected chi connectivity index (χ1v) is 4.42. The van der Waals surface area contributed by atoms with Crippen molar-refractivity contribution < 1.29 is 33.9 Å². The Labute approximate surface area is 67.8 Å². The maximum Gasteiger partial charge on any atom is 0.470 e. The van der Waals surface area contributed by atoms with Crippen LogP contribution >= 0.6 is 7.82 Å². The minimum absolute atomic E-state index is 1.05. The van der Waals surface area contributed by atoms with Crippen LogP contribution in [-0.2, 0) is 13.9 Å². The minimum atomic E-state index is -4.87. The molecule has 2 atom stereocenters. The number of phosphoric acid groups is 1. The Bertz CT molecular complexity index is 205. The number of carboxylic acids is 1. The lowest BCUT2D eigenvalue weighted by molar-refractivity contribution is -0.151. The van der Waals surface area contributed by atoms with Gasteiger partial charge in [-0.05, 0) is 6.92 Å². The van der Waals surface area contributed by atoms with Gasteiger partial charge in [-0.25, -0.2) is 9.36 Å². The monoisotopic (exact) mass is 200 g/mol. The predicted molar refractivity (Wildman–Crippen MR) is 36.2 cm³/mol. The van der Waals surface area contributed by atoms with Crippen LogP contribution in [0.4, 0.5) is 0 Å². The molecule has 0 amide bonds. The molecule has 0 fully saturated rings. The van der Waals surface area contributed by atoms with Gasteiger partial charge in [0.25, 0.3) is 0 Å². The number of rotatable bonds is 4. The van der Waals surface area contributed by atoms with Crippen LogP contribution < -0.4 is 0 Å². The summed E-state index contributed by atoms with van der Waals surface area (Å²) in [6.07, 6.45) is -3.40. The molecule has 0 aromatic rings. The van der Waals surface area contributed by atoms with E-state index in [1.807, 2.05) is 0 Å². The van der Waals surface area contributed by atoms with Crippen molar-refractivity contribution in [3.05, 3.63) is 0 Å². The first-order valence-electron chi connectivity index (χ1n) is 2.89. The second-order valence-corrected chi connectivity index (χ2v) is 3.29. The van der Waals surface area contributed by atoms with Gasteiger partial charge in [0.1, 0.15) is 0 Å². The van der Waals surface area contributed by atoms with E-state index in [-0.39, 0.29) is 0 Å². The van der Waals surface area contributed by atoms with Crippen molar-refractivity contribution in [2.45, 2.75) is 19.1 Å². The van der Waals surface area contributed by atoms with Crippen LogP contribution in [0.25, 0.3) is 0 Å². The topological polar surface area (TPSA) is 124 Å². The molecule has 8 heteroatoms. The van der Waals surface area contributed by atoms with Crippen LogP contribution in [0.5, 0.6) is 0 Å². The summed E-state index contributed by atoms with van der Waals surface area (Å²) in [5.74, 6) is -1.63. The van der Waals surface area contributed by atoms with E-state index in [0.29, 0.717) is 0 Å². The van der Waals surface area contributed by atoms with E-state index in [0.717, 1.165) is 6.92 Å². The van der Waals surface area contributed by atoms with E-state index >= 15 is 0 Å². The molecule has 0 aliphatic heterocycles. The van der Waals surface area contributed by atoms with Gasteiger partial charge in [-0.15, -0.1) is 0 Å². The molecule has 0 heterocycles. The third kappa shape index (κ3) is 4.42. The number of hydrogen-bond acceptors (Lipinski definition) is 4. The predicted octanol–water partition coefficient (Wildman–Crippen LogP) is -1.07. The van der Waals surface area contributed by atoms with Gasteiger partial charge in [0.15, 0.2) is 6.10 Å². The lowest BCUT2D eigenvalue weighted by Crippen LogP contribution is -2.33. The fourth-order valence-corrected chi connectivity index (χ4v) is 1.05. The van der Waals surface area contributed by atoms with E-state index in [1.165, 1.54) is 0 Å². The molecule has 4 N–H and O–H groups in total. The third-order valence-electron chi connectivity index (χ3n) is 0.932. The number of carbonyl (C=O) groups is 1. The first kappa shape index (κ1) is 11.5. The number of hydrogen-bond donors (Lipinski definition) is 4. The van der Waals surface area contributed by atoms with E-state index in [4.69, 9.17) is 20.0 Å². The second kappa shape index (κ2) is 3.97. The first-order chi connectivity index (χ1) is 5.24. The maximum absolute atomic E-state index is 10.2. The zero-order valence-corrected chi connectivity index (χ0v) is 7.01. The smallest absolute Gasteiger partial charge is 0.470 e. The molecule has 0 saturated carbocycles. The molecule has 0 bridgehead atoms. The van der Waals surface area contributed by atoms with Crippen LogP contribution in [0, 0.1) is 0 Å². The van der Waals surface area contributed by atoms with Crippen molar-refractivity contribution in [3.8, 4) is 0 Å². The van der Waals surface area contributed by atoms with Gasteiger partial charge >= 0.3 is 13.8 Å². The number of aliphatic hydroxyl groups is 1. The van der Waals surface area contributed by atoms with Crippen molar-refractivity contribution in [3.63, 3.8) is 0 Å². The fourth-order valence-electron chi connectivity index (χ4n) is 0.487. The molecule has 7 nitrogen and oxygen atoms in total. The number of aliphatic carboxylic acids is 1. The summed E-state index contributed by atoms with van der Waals surface area (Å²) in [5.41, 5.74) is 0. The van der Waals surface area contributed by atoms with E-state index < -0.39 is 26.0 Å². The number of aliphatic hydroxyl groups excluding tert-OH is 1. The molecule has 0 aliphatic rings. The average molecular weight is 200 g/mol. The Kier molecular flexibility index (Phi) is 3.82. The molecule has 0 aliphatic carbocycles. The summed E-state index contributed by atoms with van der Waals surface area (Å²) < 4.78 is 13.9. The SMILES string of the molecule is C[C@@H](O)[C@@H](OP(=O)(O)O)C(=O)O. The quantitative estimate of drug-likeness (QED) is 0.426. The van der Waals surface area contributed by atoms with Crippen LogP contribution in [0.1, 0.15) is 6.92 Å². The summed E-state index contributed by atoms with van der Waals surface area (Å²) in [4.78, 5) is 26.6. The van der Waals surface area contributed by atoms with Gasteiger partial charge in [0.05, 0.1) is 6.10 Å². The zero-order valence-electron chi connectivity index (χ0n) is 6.12. The van der Waals surface area contributed by atoms with Gasteiger partial charge < -0.3 is 20.0 Å². The van der Waals surface area contributed by atoms with Crippen LogP contribution in [0.2, 0.25) is 0 Å². The van der Waals surface area contributed by atoms with E-state index in [2.05, 4.69) is 4.52 Å². The maximum atomic E-state index is 10.2. The molecule has 72 valence electrons. The van der Waals surface area contributed by atoms with Crippen molar-refractivity contribution in [1.82, 2.24) is 0 Å². The standard InChI is InChI=1S/C4H9O7P/c1-2(5)3(4(6)7)11-12(8,9)10/h2-3,5H,1H3,(H,6,7)(H2,8,9,10)/t2-,3-/m1/s1. The van der Waals surface area contributed by atoms with Crippen LogP contribution in [-0.4, -0.2) is 38.2 Å². The van der Waals surface area contributed by atoms with Gasteiger partial charge in [0.2, 0.25) is 0 Å². The molecule has 0 aromatic heterocycles. The van der Waals surface area contributed by atoms with Gasteiger partial charge in [-0.2, -0.15) is 0 Å². The third-order valence-corrected chi connectivity index (χ3v) is 1.43. The van der Waals surface area contributed by atoms with Crippen molar-refractivity contribution in [2.24, 2.45) is 0 Å². The summed E-state index contributed by atoms with van der Waals surface area (Å²) in [6, 6.07) is 0. The number of phosphoric ester groups is 1. The molecule has 0 radical (unpaired) electrons. The highest BCUT2D eigenvalue weighted by atomic mass is 31.2. The normalized spacial score (nSPS) is 17.0. The Morgan fingerprint density at radius 1 is 1.50 bits per heavy atom. The Balaban J connectivity index is 4.35. The summed E-state index contributed by atoms with van der Waals surface area (Å²) in [6.45, 7) is 1.05. The number of carboxylic acid groups (broad SMARTS) is 1. The van der Waals surface area contributed by atoms with Gasteiger partial charge in [-0.1, -0.05) is 0 Å². The Morgan fingerprint density at radius 3 is 2.00 bits per heavy atom. The minimum Gasteiger partial charge on any atom is -0.479 e. The van der Waals surface area contributed by atoms with Crippen LogP contribution in [0.15, 0.2) is 0 Å². The highest BCUT2D eigenvalue weighted by molar-refractivity contribution is 7.46. The summed E-state index contributed by atoms with van der Waals surface area (Å²) in [5, 5.41) is 17.0. The van der Waals surface area contributed by atoms with E-state index in [1.54, 1.807) is 0 Å². The Hall–Kier alpha value is -0.460. The van der Waals surface area contributed by atoms with E-state index in [9.17, 15) is 9.36 Å². The van der Waals surface area contributed by atoms with Gasteiger partial charge in [-0.3, -0.25) is 4.52 Å². The molecule has 0 aromatic carbocycles. The zero-order chi connectivity index (χ0) is 9.94. The largest absolute Gasteiger partial charge is 0.479 e. The van der Waals surface area contributed by atoms with Crippen LogP contribution in [0.3, 0.4) is 0 Å². The fraction of sp³-hybridized carbons (Fsp3) is 0.750. The summed E-state index contributed by atoms with van der Waals surface area (Å²) >= 11 is 0. The highest BCUT2D eigenvalue weighted by Crippen LogP contribution is 2.38. The Morgan fingerprint density at radius 2 is 1.92 bits per heavy atom. The summed E-state index contributed by atoms with van der Waals surface area (Å²) in [7, 11) is -4.87. The molecule has 12 heavy (non-hydrogen) atoms. The molecule has 0 spiro atoms. The lowest BCUT2D eigenvalue weighted by Gasteiger charge is -2.15. The molecule has 0 saturated heterocycles. The van der Waals surface area contributed by atoms with Crippen molar-refractivity contribution in [1.29, 1.82) is 0 Å². The van der Waals surface area contributed by atoms with Gasteiger partial charge in [0, 0.05) is 0 Å². The molecule has 0 rings (SSSR count). The molecular formula is C4H9O7P. The average Bonchev–Trinajstić information content (AvgIpc) is 1.79. The molecular weight excluding hydrogens is 191 g/mol.